The first-order valence-electron chi connectivity index (χ1n) is 8.64. The average molecular weight is 289 g/mol. The summed E-state index contributed by atoms with van der Waals surface area (Å²) in [6, 6.07) is 3.40. The Balaban J connectivity index is 1.65. The molecule has 0 aromatic carbocycles. The van der Waals surface area contributed by atoms with Crippen molar-refractivity contribution in [3.8, 4) is 6.07 Å². The van der Waals surface area contributed by atoms with Gasteiger partial charge in [0.15, 0.2) is 0 Å². The first kappa shape index (κ1) is 14.8. The second-order valence-electron chi connectivity index (χ2n) is 7.15. The molecule has 3 aliphatic rings. The summed E-state index contributed by atoms with van der Waals surface area (Å²) >= 11 is 0. The molecule has 5 atom stereocenters. The number of hydrogen-bond acceptors (Lipinski definition) is 3. The molecule has 1 aliphatic carbocycles. The van der Waals surface area contributed by atoms with Gasteiger partial charge in [-0.1, -0.05) is 13.3 Å². The van der Waals surface area contributed by atoms with Gasteiger partial charge in [0, 0.05) is 31.6 Å². The van der Waals surface area contributed by atoms with Gasteiger partial charge in [-0.3, -0.25) is 9.69 Å². The molecule has 0 bridgehead atoms. The molecular formula is C17H27N3O. The summed E-state index contributed by atoms with van der Waals surface area (Å²) in [5.74, 6) is 1.83. The number of carbonyl (C=O) groups is 1. The van der Waals surface area contributed by atoms with Crippen LogP contribution in [-0.2, 0) is 4.79 Å². The molecule has 3 fully saturated rings. The van der Waals surface area contributed by atoms with E-state index in [9.17, 15) is 10.1 Å². The van der Waals surface area contributed by atoms with Gasteiger partial charge in [0.25, 0.3) is 0 Å². The number of nitriles is 1. The number of fused-ring (bicyclic) bond motifs is 1. The van der Waals surface area contributed by atoms with Gasteiger partial charge in [-0.05, 0) is 43.9 Å². The Morgan fingerprint density at radius 2 is 2.19 bits per heavy atom. The van der Waals surface area contributed by atoms with Crippen LogP contribution in [0, 0.1) is 29.1 Å². The van der Waals surface area contributed by atoms with Crippen LogP contribution in [0.1, 0.15) is 51.9 Å². The number of rotatable bonds is 2. The lowest BCUT2D eigenvalue weighted by Gasteiger charge is -2.47. The molecule has 2 aliphatic heterocycles. The lowest BCUT2D eigenvalue weighted by atomic mass is 9.75. The number of piperidine rings is 2. The van der Waals surface area contributed by atoms with Gasteiger partial charge in [-0.15, -0.1) is 0 Å². The molecule has 0 aromatic heterocycles. The number of amides is 1. The van der Waals surface area contributed by atoms with Crippen molar-refractivity contribution in [2.75, 3.05) is 13.1 Å². The second-order valence-corrected chi connectivity index (χ2v) is 7.15. The number of hydrogen-bond donors (Lipinski definition) is 1. The third-order valence-electron chi connectivity index (χ3n) is 5.99. The molecule has 2 heterocycles. The Morgan fingerprint density at radius 1 is 1.33 bits per heavy atom. The van der Waals surface area contributed by atoms with Crippen molar-refractivity contribution in [3.63, 3.8) is 0 Å². The molecule has 1 amide bonds. The van der Waals surface area contributed by atoms with E-state index in [1.54, 1.807) is 0 Å². The summed E-state index contributed by atoms with van der Waals surface area (Å²) in [4.78, 5) is 14.1. The highest BCUT2D eigenvalue weighted by Gasteiger charge is 2.40. The zero-order valence-electron chi connectivity index (χ0n) is 13.1. The number of nitrogens with one attached hydrogen (secondary N) is 1. The van der Waals surface area contributed by atoms with Gasteiger partial charge in [0.1, 0.15) is 0 Å². The number of nitrogens with zero attached hydrogens (tertiary/aromatic N) is 2. The Hall–Kier alpha value is -1.08. The van der Waals surface area contributed by atoms with Crippen LogP contribution in [0.2, 0.25) is 0 Å². The molecule has 4 heteroatoms. The van der Waals surface area contributed by atoms with Crippen molar-refractivity contribution in [3.05, 3.63) is 0 Å². The predicted octanol–water partition coefficient (Wildman–Crippen LogP) is 2.31. The van der Waals surface area contributed by atoms with Crippen LogP contribution in [-0.4, -0.2) is 36.0 Å². The van der Waals surface area contributed by atoms with Gasteiger partial charge in [-0.25, -0.2) is 0 Å². The molecule has 4 nitrogen and oxygen atoms in total. The molecule has 116 valence electrons. The fourth-order valence-electron chi connectivity index (χ4n) is 4.60. The van der Waals surface area contributed by atoms with Crippen molar-refractivity contribution in [1.29, 1.82) is 5.26 Å². The van der Waals surface area contributed by atoms with Crippen molar-refractivity contribution < 1.29 is 4.79 Å². The van der Waals surface area contributed by atoms with Crippen LogP contribution in [0.25, 0.3) is 0 Å². The topological polar surface area (TPSA) is 56.1 Å². The lowest BCUT2D eigenvalue weighted by Crippen LogP contribution is -2.57. The summed E-state index contributed by atoms with van der Waals surface area (Å²) in [6.45, 7) is 4.39. The van der Waals surface area contributed by atoms with Crippen LogP contribution in [0.5, 0.6) is 0 Å². The van der Waals surface area contributed by atoms with Crippen molar-refractivity contribution in [2.24, 2.45) is 17.8 Å². The molecule has 0 radical (unpaired) electrons. The Morgan fingerprint density at radius 3 is 2.95 bits per heavy atom. The molecule has 21 heavy (non-hydrogen) atoms. The zero-order valence-corrected chi connectivity index (χ0v) is 13.1. The average Bonchev–Trinajstić information content (AvgIpc) is 2.53. The van der Waals surface area contributed by atoms with E-state index in [0.717, 1.165) is 38.3 Å². The van der Waals surface area contributed by atoms with E-state index in [4.69, 9.17) is 0 Å². The summed E-state index contributed by atoms with van der Waals surface area (Å²) in [7, 11) is 0. The molecule has 1 N–H and O–H groups in total. The van der Waals surface area contributed by atoms with Gasteiger partial charge in [0.05, 0.1) is 12.0 Å². The molecular weight excluding hydrogens is 262 g/mol. The Labute approximate surface area is 127 Å². The maximum absolute atomic E-state index is 11.5. The van der Waals surface area contributed by atoms with Gasteiger partial charge < -0.3 is 5.32 Å². The summed E-state index contributed by atoms with van der Waals surface area (Å²) in [6.07, 6.45) is 7.49. The standard InChI is InChI=1S/C17H27N3O/c1-2-12-3-4-13(10-18)16(9-12)20-8-7-15-14(11-20)5-6-17(21)19-15/h12-16H,2-9,11H2,1H3,(H,19,21). The Kier molecular flexibility index (Phi) is 4.49. The van der Waals surface area contributed by atoms with Gasteiger partial charge in [0.2, 0.25) is 5.91 Å². The molecule has 3 rings (SSSR count). The SMILES string of the molecule is CCC1CCC(C#N)C(N2CCC3NC(=O)CCC3C2)C1. The van der Waals surface area contributed by atoms with E-state index >= 15 is 0 Å². The van der Waals surface area contributed by atoms with Crippen molar-refractivity contribution >= 4 is 5.91 Å². The lowest BCUT2D eigenvalue weighted by molar-refractivity contribution is -0.125. The minimum absolute atomic E-state index is 0.211. The van der Waals surface area contributed by atoms with Crippen molar-refractivity contribution in [2.45, 2.75) is 64.0 Å². The van der Waals surface area contributed by atoms with E-state index in [0.29, 0.717) is 24.4 Å². The van der Waals surface area contributed by atoms with Crippen LogP contribution in [0.4, 0.5) is 0 Å². The van der Waals surface area contributed by atoms with Gasteiger partial charge in [-0.2, -0.15) is 5.26 Å². The van der Waals surface area contributed by atoms with E-state index in [-0.39, 0.29) is 11.8 Å². The monoisotopic (exact) mass is 289 g/mol. The van der Waals surface area contributed by atoms with E-state index in [1.807, 2.05) is 0 Å². The highest BCUT2D eigenvalue weighted by atomic mass is 16.1. The fourth-order valence-corrected chi connectivity index (χ4v) is 4.60. The minimum Gasteiger partial charge on any atom is -0.353 e. The van der Waals surface area contributed by atoms with E-state index in [1.165, 1.54) is 19.3 Å². The summed E-state index contributed by atoms with van der Waals surface area (Å²) < 4.78 is 0. The quantitative estimate of drug-likeness (QED) is 0.848. The Bertz CT molecular complexity index is 430. The predicted molar refractivity (Wildman–Crippen MR) is 81.4 cm³/mol. The van der Waals surface area contributed by atoms with Gasteiger partial charge >= 0.3 is 0 Å². The molecule has 0 spiro atoms. The molecule has 5 unspecified atom stereocenters. The first-order chi connectivity index (χ1) is 10.2. The highest BCUT2D eigenvalue weighted by Crippen LogP contribution is 2.36. The van der Waals surface area contributed by atoms with E-state index < -0.39 is 0 Å². The largest absolute Gasteiger partial charge is 0.353 e. The normalized spacial score (nSPS) is 41.0. The highest BCUT2D eigenvalue weighted by molar-refractivity contribution is 5.77. The van der Waals surface area contributed by atoms with Crippen molar-refractivity contribution in [1.82, 2.24) is 10.2 Å². The van der Waals surface area contributed by atoms with Crippen LogP contribution in [0.3, 0.4) is 0 Å². The van der Waals surface area contributed by atoms with Crippen LogP contribution >= 0.6 is 0 Å². The molecule has 1 saturated carbocycles. The minimum atomic E-state index is 0.211. The number of carbonyl (C=O) groups excluding carboxylic acids is 1. The van der Waals surface area contributed by atoms with Crippen LogP contribution in [0.15, 0.2) is 0 Å². The third kappa shape index (κ3) is 3.08. The first-order valence-corrected chi connectivity index (χ1v) is 8.64. The maximum atomic E-state index is 11.5. The summed E-state index contributed by atoms with van der Waals surface area (Å²) in [5, 5.41) is 12.6. The van der Waals surface area contributed by atoms with Crippen LogP contribution < -0.4 is 5.32 Å². The maximum Gasteiger partial charge on any atom is 0.220 e. The fraction of sp³-hybridized carbons (Fsp3) is 0.882. The number of likely N-dealkylation sites (tertiary alicyclic amines) is 1. The summed E-state index contributed by atoms with van der Waals surface area (Å²) in [5.41, 5.74) is 0. The third-order valence-corrected chi connectivity index (χ3v) is 5.99. The zero-order chi connectivity index (χ0) is 14.8. The van der Waals surface area contributed by atoms with E-state index in [2.05, 4.69) is 23.2 Å². The smallest absolute Gasteiger partial charge is 0.220 e. The molecule has 0 aromatic rings. The molecule has 2 saturated heterocycles. The second kappa shape index (κ2) is 6.36.